The summed E-state index contributed by atoms with van der Waals surface area (Å²) >= 11 is 1.52. The van der Waals surface area contributed by atoms with Crippen molar-refractivity contribution in [2.24, 2.45) is 0 Å². The second-order valence-electron chi connectivity index (χ2n) is 4.60. The molecule has 0 aliphatic heterocycles. The Bertz CT molecular complexity index is 687. The van der Waals surface area contributed by atoms with E-state index in [1.165, 1.54) is 17.3 Å². The fourth-order valence-corrected chi connectivity index (χ4v) is 2.89. The minimum absolute atomic E-state index is 0.0785. The minimum atomic E-state index is -0.895. The second kappa shape index (κ2) is 6.96. The Morgan fingerprint density at radius 2 is 1.95 bits per heavy atom. The molecule has 2 aromatic rings. The lowest BCUT2D eigenvalue weighted by atomic mass is 10.1. The van der Waals surface area contributed by atoms with Crippen LogP contribution < -0.4 is 0 Å². The van der Waals surface area contributed by atoms with Crippen LogP contribution >= 0.6 is 11.8 Å². The van der Waals surface area contributed by atoms with E-state index in [1.54, 1.807) is 12.1 Å². The molecule has 106 valence electrons. The molecule has 0 bridgehead atoms. The second-order valence-corrected chi connectivity index (χ2v) is 5.72. The number of carbonyl (C=O) groups is 1. The Hall–Kier alpha value is -2.25. The Balaban J connectivity index is 2.29. The van der Waals surface area contributed by atoms with Gasteiger partial charge in [0.15, 0.2) is 0 Å². The van der Waals surface area contributed by atoms with Gasteiger partial charge >= 0.3 is 5.97 Å². The maximum absolute atomic E-state index is 11.0. The van der Waals surface area contributed by atoms with E-state index in [4.69, 9.17) is 10.4 Å². The number of aryl methyl sites for hydroxylation is 1. The first-order valence-corrected chi connectivity index (χ1v) is 7.45. The highest BCUT2D eigenvalue weighted by Crippen LogP contribution is 2.31. The highest BCUT2D eigenvalue weighted by atomic mass is 32.2. The molecule has 0 unspecified atom stereocenters. The summed E-state index contributed by atoms with van der Waals surface area (Å²) in [5.74, 6) is -0.895. The SMILES string of the molecule is CCc1ccc(Sc2ccc(C#N)cc2CC(=O)O)cc1. The molecule has 0 amide bonds. The summed E-state index contributed by atoms with van der Waals surface area (Å²) in [6.45, 7) is 2.10. The maximum Gasteiger partial charge on any atom is 0.307 e. The summed E-state index contributed by atoms with van der Waals surface area (Å²) in [5, 5.41) is 17.9. The van der Waals surface area contributed by atoms with Gasteiger partial charge in [-0.05, 0) is 47.9 Å². The van der Waals surface area contributed by atoms with E-state index in [0.717, 1.165) is 16.2 Å². The third-order valence-corrected chi connectivity index (χ3v) is 4.22. The zero-order valence-corrected chi connectivity index (χ0v) is 12.5. The van der Waals surface area contributed by atoms with Crippen LogP contribution in [0.25, 0.3) is 0 Å². The smallest absolute Gasteiger partial charge is 0.307 e. The van der Waals surface area contributed by atoms with E-state index in [1.807, 2.05) is 24.3 Å². The Morgan fingerprint density at radius 3 is 2.52 bits per heavy atom. The van der Waals surface area contributed by atoms with Crippen molar-refractivity contribution in [3.05, 3.63) is 59.2 Å². The van der Waals surface area contributed by atoms with Crippen LogP contribution in [-0.4, -0.2) is 11.1 Å². The highest BCUT2D eigenvalue weighted by Gasteiger charge is 2.09. The van der Waals surface area contributed by atoms with E-state index < -0.39 is 5.97 Å². The average Bonchev–Trinajstić information content (AvgIpc) is 2.49. The third kappa shape index (κ3) is 4.11. The number of hydrogen-bond donors (Lipinski definition) is 1. The third-order valence-electron chi connectivity index (χ3n) is 3.09. The van der Waals surface area contributed by atoms with Crippen LogP contribution in [0.4, 0.5) is 0 Å². The molecule has 0 spiro atoms. The van der Waals surface area contributed by atoms with Crippen LogP contribution in [0.3, 0.4) is 0 Å². The fraction of sp³-hybridized carbons (Fsp3) is 0.176. The van der Waals surface area contributed by atoms with Crippen LogP contribution in [0.5, 0.6) is 0 Å². The van der Waals surface area contributed by atoms with E-state index in [-0.39, 0.29) is 6.42 Å². The number of carboxylic acids is 1. The van der Waals surface area contributed by atoms with Gasteiger partial charge < -0.3 is 5.11 Å². The first-order valence-electron chi connectivity index (χ1n) is 6.64. The van der Waals surface area contributed by atoms with Crippen LogP contribution in [0.1, 0.15) is 23.6 Å². The molecule has 3 nitrogen and oxygen atoms in total. The molecule has 2 aromatic carbocycles. The van der Waals surface area contributed by atoms with Gasteiger partial charge in [-0.2, -0.15) is 5.26 Å². The fourth-order valence-electron chi connectivity index (χ4n) is 1.97. The topological polar surface area (TPSA) is 61.1 Å². The van der Waals surface area contributed by atoms with Crippen LogP contribution in [-0.2, 0) is 17.6 Å². The van der Waals surface area contributed by atoms with Crippen molar-refractivity contribution in [2.45, 2.75) is 29.6 Å². The number of benzene rings is 2. The molecular formula is C17H15NO2S. The summed E-state index contributed by atoms with van der Waals surface area (Å²) in [4.78, 5) is 12.9. The molecule has 0 atom stereocenters. The predicted octanol–water partition coefficient (Wildman–Crippen LogP) is 3.90. The van der Waals surface area contributed by atoms with Gasteiger partial charge in [0.1, 0.15) is 0 Å². The van der Waals surface area contributed by atoms with Crippen molar-refractivity contribution in [3.8, 4) is 6.07 Å². The van der Waals surface area contributed by atoms with Crippen molar-refractivity contribution in [1.29, 1.82) is 5.26 Å². The normalized spacial score (nSPS) is 10.1. The lowest BCUT2D eigenvalue weighted by Crippen LogP contribution is -2.02. The van der Waals surface area contributed by atoms with Gasteiger partial charge in [0.25, 0.3) is 0 Å². The van der Waals surface area contributed by atoms with E-state index in [2.05, 4.69) is 19.1 Å². The van der Waals surface area contributed by atoms with Crippen LogP contribution in [0.15, 0.2) is 52.3 Å². The van der Waals surface area contributed by atoms with Gasteiger partial charge in [0.05, 0.1) is 18.1 Å². The summed E-state index contributed by atoms with van der Waals surface area (Å²) in [6, 6.07) is 15.4. The zero-order valence-electron chi connectivity index (χ0n) is 11.7. The number of aliphatic carboxylic acids is 1. The lowest BCUT2D eigenvalue weighted by Gasteiger charge is -2.08. The minimum Gasteiger partial charge on any atom is -0.481 e. The van der Waals surface area contributed by atoms with Crippen molar-refractivity contribution in [2.75, 3.05) is 0 Å². The first-order chi connectivity index (χ1) is 10.1. The number of hydrogen-bond acceptors (Lipinski definition) is 3. The molecule has 0 saturated carbocycles. The monoisotopic (exact) mass is 297 g/mol. The Morgan fingerprint density at radius 1 is 1.24 bits per heavy atom. The molecule has 0 fully saturated rings. The molecule has 0 aromatic heterocycles. The van der Waals surface area contributed by atoms with Crippen molar-refractivity contribution >= 4 is 17.7 Å². The van der Waals surface area contributed by atoms with Gasteiger partial charge in [0.2, 0.25) is 0 Å². The molecule has 0 aliphatic carbocycles. The van der Waals surface area contributed by atoms with Crippen molar-refractivity contribution in [1.82, 2.24) is 0 Å². The quantitative estimate of drug-likeness (QED) is 0.909. The van der Waals surface area contributed by atoms with Gasteiger partial charge in [0, 0.05) is 9.79 Å². The standard InChI is InChI=1S/C17H15NO2S/c1-2-12-3-6-15(7-4-12)21-16-8-5-13(11-18)9-14(16)10-17(19)20/h3-9H,2,10H2,1H3,(H,19,20). The number of carboxylic acid groups (broad SMARTS) is 1. The van der Waals surface area contributed by atoms with Gasteiger partial charge in [-0.1, -0.05) is 30.8 Å². The molecule has 2 rings (SSSR count). The maximum atomic E-state index is 11.0. The summed E-state index contributed by atoms with van der Waals surface area (Å²) in [5.41, 5.74) is 2.42. The molecule has 0 radical (unpaired) electrons. The zero-order chi connectivity index (χ0) is 15.2. The number of nitrogens with zero attached hydrogens (tertiary/aromatic N) is 1. The molecule has 21 heavy (non-hydrogen) atoms. The Labute approximate surface area is 128 Å². The highest BCUT2D eigenvalue weighted by molar-refractivity contribution is 7.99. The molecule has 4 heteroatoms. The first kappa shape index (κ1) is 15.1. The molecular weight excluding hydrogens is 282 g/mol. The summed E-state index contributed by atoms with van der Waals surface area (Å²) < 4.78 is 0. The Kier molecular flexibility index (Phi) is 5.02. The predicted molar refractivity (Wildman–Crippen MR) is 82.4 cm³/mol. The van der Waals surface area contributed by atoms with Gasteiger partial charge in [-0.3, -0.25) is 4.79 Å². The summed E-state index contributed by atoms with van der Waals surface area (Å²) in [6.07, 6.45) is 0.914. The van der Waals surface area contributed by atoms with Gasteiger partial charge in [-0.15, -0.1) is 0 Å². The lowest BCUT2D eigenvalue weighted by molar-refractivity contribution is -0.136. The van der Waals surface area contributed by atoms with Crippen LogP contribution in [0.2, 0.25) is 0 Å². The summed E-state index contributed by atoms with van der Waals surface area (Å²) in [7, 11) is 0. The molecule has 0 heterocycles. The van der Waals surface area contributed by atoms with Crippen molar-refractivity contribution < 1.29 is 9.90 Å². The molecule has 0 aliphatic rings. The number of nitriles is 1. The van der Waals surface area contributed by atoms with E-state index in [0.29, 0.717) is 11.1 Å². The van der Waals surface area contributed by atoms with Gasteiger partial charge in [-0.25, -0.2) is 0 Å². The van der Waals surface area contributed by atoms with Crippen molar-refractivity contribution in [3.63, 3.8) is 0 Å². The number of rotatable bonds is 5. The van der Waals surface area contributed by atoms with E-state index in [9.17, 15) is 4.79 Å². The van der Waals surface area contributed by atoms with E-state index >= 15 is 0 Å². The largest absolute Gasteiger partial charge is 0.481 e. The average molecular weight is 297 g/mol. The molecule has 1 N–H and O–H groups in total. The van der Waals surface area contributed by atoms with Crippen LogP contribution in [0, 0.1) is 11.3 Å². The molecule has 0 saturated heterocycles.